The molecule has 0 amide bonds. The Labute approximate surface area is 89.9 Å². The molecule has 0 unspecified atom stereocenters. The maximum absolute atomic E-state index is 11.3. The Bertz CT molecular complexity index is 260. The van der Waals surface area contributed by atoms with Crippen molar-refractivity contribution in [3.63, 3.8) is 0 Å². The van der Waals surface area contributed by atoms with Crippen LogP contribution in [0.3, 0.4) is 0 Å². The molecule has 4 heteroatoms. The molecule has 15 heavy (non-hydrogen) atoms. The van der Waals surface area contributed by atoms with Crippen LogP contribution in [-0.4, -0.2) is 22.6 Å². The first kappa shape index (κ1) is 13.7. The average Bonchev–Trinajstić information content (AvgIpc) is 1.96. The number of carbonyl (C=O) groups excluding carboxylic acids is 1. The number of esters is 1. The molecule has 0 saturated carbocycles. The monoisotopic (exact) mass is 214 g/mol. The minimum Gasteiger partial charge on any atom is -0.478 e. The lowest BCUT2D eigenvalue weighted by Crippen LogP contribution is -2.24. The minimum atomic E-state index is -1.01. The second-order valence-corrected chi connectivity index (χ2v) is 4.47. The van der Waals surface area contributed by atoms with Gasteiger partial charge in [0, 0.05) is 6.08 Å². The third kappa shape index (κ3) is 9.00. The van der Waals surface area contributed by atoms with Crippen LogP contribution in [0.4, 0.5) is 0 Å². The Morgan fingerprint density at radius 1 is 1.40 bits per heavy atom. The first-order valence-electron chi connectivity index (χ1n) is 4.83. The molecule has 4 nitrogen and oxygen atoms in total. The summed E-state index contributed by atoms with van der Waals surface area (Å²) in [7, 11) is 0. The van der Waals surface area contributed by atoms with Crippen LogP contribution in [-0.2, 0) is 14.3 Å². The van der Waals surface area contributed by atoms with Crippen molar-refractivity contribution >= 4 is 11.9 Å². The number of ether oxygens (including phenoxy) is 1. The van der Waals surface area contributed by atoms with E-state index in [2.05, 4.69) is 0 Å². The van der Waals surface area contributed by atoms with Crippen LogP contribution in [0.25, 0.3) is 0 Å². The van der Waals surface area contributed by atoms with E-state index in [9.17, 15) is 9.59 Å². The molecular formula is C11H18O4. The van der Waals surface area contributed by atoms with Crippen molar-refractivity contribution in [1.82, 2.24) is 0 Å². The lowest BCUT2D eigenvalue weighted by Gasteiger charge is -2.20. The van der Waals surface area contributed by atoms with Crippen LogP contribution in [0.5, 0.6) is 0 Å². The number of carbonyl (C=O) groups is 2. The quantitative estimate of drug-likeness (QED) is 0.574. The summed E-state index contributed by atoms with van der Waals surface area (Å²) in [5.41, 5.74) is -0.493. The van der Waals surface area contributed by atoms with Gasteiger partial charge in [-0.05, 0) is 26.7 Å². The highest BCUT2D eigenvalue weighted by Gasteiger charge is 2.17. The second kappa shape index (κ2) is 5.53. The van der Waals surface area contributed by atoms with Gasteiger partial charge in [-0.25, -0.2) is 4.79 Å². The summed E-state index contributed by atoms with van der Waals surface area (Å²) in [6.45, 7) is 7.15. The van der Waals surface area contributed by atoms with E-state index in [1.807, 2.05) is 0 Å². The standard InChI is InChI=1S/C11H18O4/c1-8(5-6-9(12)13)7-10(14)15-11(2,3)4/h5-6,8H,7H2,1-4H3,(H,12,13)/b6-5+/t8-/m1/s1. The Morgan fingerprint density at radius 2 is 1.93 bits per heavy atom. The van der Waals surface area contributed by atoms with Gasteiger partial charge in [-0.15, -0.1) is 0 Å². The van der Waals surface area contributed by atoms with Crippen LogP contribution in [0, 0.1) is 5.92 Å². The zero-order valence-corrected chi connectivity index (χ0v) is 9.61. The molecule has 0 aliphatic carbocycles. The van der Waals surface area contributed by atoms with E-state index in [0.717, 1.165) is 6.08 Å². The van der Waals surface area contributed by atoms with Crippen molar-refractivity contribution in [1.29, 1.82) is 0 Å². The maximum atomic E-state index is 11.3. The summed E-state index contributed by atoms with van der Waals surface area (Å²) in [6, 6.07) is 0. The Morgan fingerprint density at radius 3 is 2.33 bits per heavy atom. The number of carboxylic acid groups (broad SMARTS) is 1. The molecule has 86 valence electrons. The Hall–Kier alpha value is -1.32. The third-order valence-electron chi connectivity index (χ3n) is 1.48. The van der Waals surface area contributed by atoms with Crippen LogP contribution in [0.2, 0.25) is 0 Å². The van der Waals surface area contributed by atoms with Crippen LogP contribution < -0.4 is 0 Å². The van der Waals surface area contributed by atoms with Crippen molar-refractivity contribution in [2.24, 2.45) is 5.92 Å². The topological polar surface area (TPSA) is 63.6 Å². The van der Waals surface area contributed by atoms with Gasteiger partial charge in [0.2, 0.25) is 0 Å². The van der Waals surface area contributed by atoms with Crippen molar-refractivity contribution in [3.8, 4) is 0 Å². The molecule has 0 heterocycles. The Kier molecular flexibility index (Phi) is 5.05. The summed E-state index contributed by atoms with van der Waals surface area (Å²) < 4.78 is 5.09. The van der Waals surface area contributed by atoms with Gasteiger partial charge in [0.1, 0.15) is 5.60 Å². The fourth-order valence-corrected chi connectivity index (χ4v) is 0.961. The molecular weight excluding hydrogens is 196 g/mol. The first-order chi connectivity index (χ1) is 6.70. The van der Waals surface area contributed by atoms with Gasteiger partial charge in [0.25, 0.3) is 0 Å². The molecule has 0 aromatic heterocycles. The maximum Gasteiger partial charge on any atom is 0.327 e. The minimum absolute atomic E-state index is 0.129. The van der Waals surface area contributed by atoms with Crippen molar-refractivity contribution < 1.29 is 19.4 Å². The van der Waals surface area contributed by atoms with E-state index in [1.165, 1.54) is 6.08 Å². The number of hydrogen-bond acceptors (Lipinski definition) is 3. The van der Waals surface area contributed by atoms with Gasteiger partial charge < -0.3 is 9.84 Å². The van der Waals surface area contributed by atoms with E-state index >= 15 is 0 Å². The summed E-state index contributed by atoms with van der Waals surface area (Å²) >= 11 is 0. The van der Waals surface area contributed by atoms with E-state index < -0.39 is 11.6 Å². The van der Waals surface area contributed by atoms with Crippen molar-refractivity contribution in [3.05, 3.63) is 12.2 Å². The number of hydrogen-bond donors (Lipinski definition) is 1. The second-order valence-electron chi connectivity index (χ2n) is 4.47. The van der Waals surface area contributed by atoms with E-state index in [-0.39, 0.29) is 18.3 Å². The van der Waals surface area contributed by atoms with Gasteiger partial charge >= 0.3 is 11.9 Å². The number of rotatable bonds is 4. The SMILES string of the molecule is C[C@H](/C=C/C(=O)O)CC(=O)OC(C)(C)C. The van der Waals surface area contributed by atoms with Crippen LogP contribution in [0.1, 0.15) is 34.1 Å². The first-order valence-corrected chi connectivity index (χ1v) is 4.83. The van der Waals surface area contributed by atoms with Crippen molar-refractivity contribution in [2.45, 2.75) is 39.7 Å². The fourth-order valence-electron chi connectivity index (χ4n) is 0.961. The number of carboxylic acids is 1. The summed E-state index contributed by atoms with van der Waals surface area (Å²) in [6.07, 6.45) is 2.71. The third-order valence-corrected chi connectivity index (χ3v) is 1.48. The smallest absolute Gasteiger partial charge is 0.327 e. The molecule has 1 atom stereocenters. The molecule has 0 bridgehead atoms. The molecule has 0 rings (SSSR count). The summed E-state index contributed by atoms with van der Waals surface area (Å²) in [5, 5.41) is 8.38. The predicted octanol–water partition coefficient (Wildman–Crippen LogP) is 2.00. The number of allylic oxidation sites excluding steroid dienone is 1. The van der Waals surface area contributed by atoms with Gasteiger partial charge in [-0.1, -0.05) is 13.0 Å². The molecule has 0 aliphatic rings. The van der Waals surface area contributed by atoms with Gasteiger partial charge in [0.05, 0.1) is 6.42 Å². The molecule has 0 fully saturated rings. The molecule has 0 radical (unpaired) electrons. The van der Waals surface area contributed by atoms with E-state index in [4.69, 9.17) is 9.84 Å². The fraction of sp³-hybridized carbons (Fsp3) is 0.636. The average molecular weight is 214 g/mol. The molecule has 1 N–H and O–H groups in total. The summed E-state index contributed by atoms with van der Waals surface area (Å²) in [5.74, 6) is -1.45. The van der Waals surface area contributed by atoms with Gasteiger partial charge in [-0.3, -0.25) is 4.79 Å². The van der Waals surface area contributed by atoms with E-state index in [0.29, 0.717) is 0 Å². The molecule has 0 saturated heterocycles. The predicted molar refractivity (Wildman–Crippen MR) is 56.4 cm³/mol. The van der Waals surface area contributed by atoms with Crippen LogP contribution >= 0.6 is 0 Å². The van der Waals surface area contributed by atoms with Crippen molar-refractivity contribution in [2.75, 3.05) is 0 Å². The molecule has 0 aromatic rings. The Balaban J connectivity index is 4.02. The highest BCUT2D eigenvalue weighted by molar-refractivity contribution is 5.80. The zero-order valence-electron chi connectivity index (χ0n) is 9.61. The normalized spacial score (nSPS) is 13.9. The van der Waals surface area contributed by atoms with E-state index in [1.54, 1.807) is 27.7 Å². The lowest BCUT2D eigenvalue weighted by atomic mass is 10.1. The highest BCUT2D eigenvalue weighted by atomic mass is 16.6. The number of aliphatic carboxylic acids is 1. The highest BCUT2D eigenvalue weighted by Crippen LogP contribution is 2.12. The van der Waals surface area contributed by atoms with Gasteiger partial charge in [0.15, 0.2) is 0 Å². The lowest BCUT2D eigenvalue weighted by molar-refractivity contribution is -0.155. The van der Waals surface area contributed by atoms with Gasteiger partial charge in [-0.2, -0.15) is 0 Å². The summed E-state index contributed by atoms with van der Waals surface area (Å²) in [4.78, 5) is 21.5. The molecule has 0 aliphatic heterocycles. The zero-order chi connectivity index (χ0) is 12.1. The van der Waals surface area contributed by atoms with Crippen LogP contribution in [0.15, 0.2) is 12.2 Å². The molecule has 0 spiro atoms. The largest absolute Gasteiger partial charge is 0.478 e. The molecule has 0 aromatic carbocycles.